The van der Waals surface area contributed by atoms with Crippen molar-refractivity contribution in [1.29, 1.82) is 0 Å². The lowest BCUT2D eigenvalue weighted by Gasteiger charge is -2.34. The van der Waals surface area contributed by atoms with Gasteiger partial charge < -0.3 is 20.7 Å². The van der Waals surface area contributed by atoms with E-state index in [1.807, 2.05) is 0 Å². The lowest BCUT2D eigenvalue weighted by molar-refractivity contribution is 0.303. The molecule has 1 aliphatic heterocycles. The number of piperidine rings is 1. The predicted molar refractivity (Wildman–Crippen MR) is 150 cm³/mol. The van der Waals surface area contributed by atoms with Crippen LogP contribution in [-0.2, 0) is 16.7 Å². The molecular formula is C27H38N4O4S2. The zero-order chi connectivity index (χ0) is 27.0. The molecule has 0 aliphatic carbocycles. The van der Waals surface area contributed by atoms with Gasteiger partial charge in [-0.05, 0) is 70.8 Å². The number of rotatable bonds is 8. The largest absolute Gasteiger partial charge is 0.496 e. The molecule has 0 spiro atoms. The van der Waals surface area contributed by atoms with Crippen molar-refractivity contribution in [2.75, 3.05) is 19.0 Å². The highest BCUT2D eigenvalue weighted by Gasteiger charge is 2.25. The van der Waals surface area contributed by atoms with E-state index in [0.717, 1.165) is 35.9 Å². The Morgan fingerprint density at radius 3 is 2.49 bits per heavy atom. The maximum atomic E-state index is 10.6. The third kappa shape index (κ3) is 8.51. The highest BCUT2D eigenvalue weighted by Crippen LogP contribution is 2.27. The molecule has 202 valence electrons. The van der Waals surface area contributed by atoms with Crippen molar-refractivity contribution in [2.24, 2.45) is 0 Å². The van der Waals surface area contributed by atoms with Crippen LogP contribution in [0.15, 0.2) is 52.7 Å². The second kappa shape index (κ2) is 13.3. The quantitative estimate of drug-likeness (QED) is 0.289. The molecule has 10 heteroatoms. The minimum atomic E-state index is -4.06. The molecule has 1 fully saturated rings. The number of hydrogen-bond donors (Lipinski definition) is 4. The summed E-state index contributed by atoms with van der Waals surface area (Å²) in [6, 6.07) is 18.2. The van der Waals surface area contributed by atoms with E-state index in [-0.39, 0.29) is 4.21 Å². The number of nitrogens with one attached hydrogen (secondary N) is 3. The molecule has 2 heterocycles. The van der Waals surface area contributed by atoms with Crippen LogP contribution in [0, 0.1) is 13.8 Å². The Hall–Kier alpha value is -2.50. The Bertz CT molecular complexity index is 1250. The van der Waals surface area contributed by atoms with Crippen molar-refractivity contribution in [2.45, 2.75) is 69.4 Å². The molecule has 0 bridgehead atoms. The fourth-order valence-corrected chi connectivity index (χ4v) is 6.30. The number of anilines is 1. The number of aromatic nitrogens is 1. The van der Waals surface area contributed by atoms with Crippen LogP contribution in [0.1, 0.15) is 54.6 Å². The molecule has 0 unspecified atom stereocenters. The van der Waals surface area contributed by atoms with Gasteiger partial charge in [0.1, 0.15) is 5.75 Å². The molecule has 0 radical (unpaired) electrons. The standard InChI is InChI=1S/C22H31N3O.C5H7NO3S2/c1-16(2)25-19-11-12-21(26-3)18(14-19)15-24-20-10-7-13-23-22(20)17-8-5-4-6-9-17;1-3-5(11(7,8)9)10-4(2)6-3/h4-6,8-9,11-12,14,16,20,22-25H,7,10,13,15H2,1-3H3;1-2H3,(H,7,8,9)/t20-,22-;/m0./s1. The molecule has 0 amide bonds. The number of hydrogen-bond acceptors (Lipinski definition) is 8. The van der Waals surface area contributed by atoms with Gasteiger partial charge >= 0.3 is 10.1 Å². The van der Waals surface area contributed by atoms with Crippen LogP contribution in [0.2, 0.25) is 0 Å². The molecule has 37 heavy (non-hydrogen) atoms. The molecule has 1 saturated heterocycles. The molecule has 8 nitrogen and oxygen atoms in total. The van der Waals surface area contributed by atoms with Crippen LogP contribution < -0.4 is 20.7 Å². The molecule has 1 aliphatic rings. The molecule has 3 aromatic rings. The third-order valence-electron chi connectivity index (χ3n) is 6.00. The summed E-state index contributed by atoms with van der Waals surface area (Å²) in [5, 5.41) is 11.6. The van der Waals surface area contributed by atoms with Gasteiger partial charge in [0.2, 0.25) is 0 Å². The van der Waals surface area contributed by atoms with Gasteiger partial charge in [0.15, 0.2) is 4.21 Å². The third-order valence-corrected chi connectivity index (χ3v) is 8.52. The van der Waals surface area contributed by atoms with E-state index < -0.39 is 10.1 Å². The second-order valence-corrected chi connectivity index (χ2v) is 12.2. The second-order valence-electron chi connectivity index (χ2n) is 9.38. The smallest absolute Gasteiger partial charge is 0.305 e. The minimum absolute atomic E-state index is 0.0602. The number of thiazole rings is 1. The number of nitrogens with zero attached hydrogens (tertiary/aromatic N) is 1. The topological polar surface area (TPSA) is 113 Å². The summed E-state index contributed by atoms with van der Waals surface area (Å²) in [5.41, 5.74) is 4.04. The first-order valence-electron chi connectivity index (χ1n) is 12.4. The predicted octanol–water partition coefficient (Wildman–Crippen LogP) is 5.11. The van der Waals surface area contributed by atoms with E-state index in [1.54, 1.807) is 21.0 Å². The lowest BCUT2D eigenvalue weighted by Crippen LogP contribution is -2.45. The van der Waals surface area contributed by atoms with Gasteiger partial charge in [-0.1, -0.05) is 30.3 Å². The molecule has 2 atom stereocenters. The van der Waals surface area contributed by atoms with Gasteiger partial charge in [-0.15, -0.1) is 11.3 Å². The fourth-order valence-electron chi connectivity index (χ4n) is 4.45. The number of ether oxygens (including phenoxy) is 1. The van der Waals surface area contributed by atoms with Crippen LogP contribution in [0.3, 0.4) is 0 Å². The monoisotopic (exact) mass is 546 g/mol. The summed E-state index contributed by atoms with van der Waals surface area (Å²) in [6.45, 7) is 9.42. The summed E-state index contributed by atoms with van der Waals surface area (Å²) >= 11 is 0.972. The van der Waals surface area contributed by atoms with Crippen molar-refractivity contribution in [1.82, 2.24) is 15.6 Å². The van der Waals surface area contributed by atoms with E-state index in [4.69, 9.17) is 9.29 Å². The highest BCUT2D eigenvalue weighted by molar-refractivity contribution is 7.88. The molecule has 0 saturated carbocycles. The van der Waals surface area contributed by atoms with Gasteiger partial charge in [-0.2, -0.15) is 8.42 Å². The number of aryl methyl sites for hydroxylation is 2. The maximum absolute atomic E-state index is 10.6. The molecule has 2 aromatic carbocycles. The van der Waals surface area contributed by atoms with Crippen LogP contribution >= 0.6 is 11.3 Å². The Morgan fingerprint density at radius 2 is 1.92 bits per heavy atom. The van der Waals surface area contributed by atoms with Gasteiger partial charge in [-0.25, -0.2) is 4.98 Å². The highest BCUT2D eigenvalue weighted by atomic mass is 32.3. The first kappa shape index (κ1) is 29.1. The van der Waals surface area contributed by atoms with Crippen LogP contribution in [-0.4, -0.2) is 43.7 Å². The van der Waals surface area contributed by atoms with E-state index in [1.165, 1.54) is 24.0 Å². The van der Waals surface area contributed by atoms with Crippen molar-refractivity contribution in [3.05, 3.63) is 70.4 Å². The normalized spacial score (nSPS) is 17.7. The Labute approximate surface area is 224 Å². The zero-order valence-corrected chi connectivity index (χ0v) is 23.7. The van der Waals surface area contributed by atoms with Crippen LogP contribution in [0.5, 0.6) is 5.75 Å². The zero-order valence-electron chi connectivity index (χ0n) is 22.1. The van der Waals surface area contributed by atoms with Gasteiger partial charge in [-0.3, -0.25) is 4.55 Å². The van der Waals surface area contributed by atoms with Crippen molar-refractivity contribution in [3.8, 4) is 5.75 Å². The van der Waals surface area contributed by atoms with Gasteiger partial charge in [0.05, 0.1) is 17.8 Å². The summed E-state index contributed by atoms with van der Waals surface area (Å²) in [5.74, 6) is 0.937. The average Bonchev–Trinajstić information content (AvgIpc) is 3.22. The van der Waals surface area contributed by atoms with Crippen molar-refractivity contribution in [3.63, 3.8) is 0 Å². The lowest BCUT2D eigenvalue weighted by atomic mass is 9.92. The van der Waals surface area contributed by atoms with E-state index in [9.17, 15) is 8.42 Å². The van der Waals surface area contributed by atoms with Crippen molar-refractivity contribution < 1.29 is 17.7 Å². The van der Waals surface area contributed by atoms with E-state index >= 15 is 0 Å². The van der Waals surface area contributed by atoms with Gasteiger partial charge in [0, 0.05) is 35.9 Å². The van der Waals surface area contributed by atoms with E-state index in [0.29, 0.717) is 28.8 Å². The van der Waals surface area contributed by atoms with Crippen LogP contribution in [0.25, 0.3) is 0 Å². The first-order chi connectivity index (χ1) is 17.6. The summed E-state index contributed by atoms with van der Waals surface area (Å²) in [7, 11) is -2.32. The SMILES string of the molecule is COc1ccc(NC(C)C)cc1CN[C@H]1CCCN[C@H]1c1ccccc1.Cc1nc(C)c(S(=O)(=O)O)s1. The number of methoxy groups -OCH3 is 1. The molecule has 4 N–H and O–H groups in total. The Morgan fingerprint density at radius 1 is 1.19 bits per heavy atom. The molecular weight excluding hydrogens is 508 g/mol. The Kier molecular flexibility index (Phi) is 10.5. The van der Waals surface area contributed by atoms with Gasteiger partial charge in [0.25, 0.3) is 0 Å². The van der Waals surface area contributed by atoms with Crippen LogP contribution in [0.4, 0.5) is 5.69 Å². The molecule has 4 rings (SSSR count). The summed E-state index contributed by atoms with van der Waals surface area (Å²) < 4.78 is 35.3. The average molecular weight is 547 g/mol. The number of benzene rings is 2. The van der Waals surface area contributed by atoms with E-state index in [2.05, 4.69) is 83.3 Å². The van der Waals surface area contributed by atoms with Crippen molar-refractivity contribution >= 4 is 27.1 Å². The maximum Gasteiger partial charge on any atom is 0.305 e. The first-order valence-corrected chi connectivity index (χ1v) is 14.7. The summed E-state index contributed by atoms with van der Waals surface area (Å²) in [6.07, 6.45) is 2.38. The minimum Gasteiger partial charge on any atom is -0.496 e. The summed E-state index contributed by atoms with van der Waals surface area (Å²) in [4.78, 5) is 3.86. The fraction of sp³-hybridized carbons (Fsp3) is 0.444. The molecule has 1 aromatic heterocycles. The Balaban J connectivity index is 0.000000289.